The smallest absolute Gasteiger partial charge is 0.160 e. The average molecular weight is 441 g/mol. The molecule has 0 saturated heterocycles. The van der Waals surface area contributed by atoms with Crippen LogP contribution in [0.4, 0.5) is 8.78 Å². The Balaban J connectivity index is 1.55. The molecule has 7 heteroatoms. The second-order valence-corrected chi connectivity index (χ2v) is 8.52. The number of rotatable bonds is 5. The molecule has 0 aliphatic heterocycles. The Morgan fingerprint density at radius 1 is 0.909 bits per heavy atom. The second kappa shape index (κ2) is 7.62. The molecule has 2 aromatic carbocycles. The minimum atomic E-state index is -0.670. The first-order chi connectivity index (χ1) is 16.1. The van der Waals surface area contributed by atoms with Gasteiger partial charge in [-0.1, -0.05) is 36.4 Å². The molecular weight excluding hydrogens is 420 g/mol. The van der Waals surface area contributed by atoms with E-state index in [4.69, 9.17) is 4.98 Å². The van der Waals surface area contributed by atoms with Crippen molar-refractivity contribution in [3.63, 3.8) is 0 Å². The lowest BCUT2D eigenvalue weighted by atomic mass is 10.1. The molecule has 3 heterocycles. The number of hydrogen-bond acceptors (Lipinski definition) is 3. The Bertz CT molecular complexity index is 1460. The molecule has 0 bridgehead atoms. The average Bonchev–Trinajstić information content (AvgIpc) is 3.45. The van der Waals surface area contributed by atoms with E-state index < -0.39 is 11.6 Å². The van der Waals surface area contributed by atoms with Gasteiger partial charge in [-0.15, -0.1) is 0 Å². The normalized spacial score (nSPS) is 13.7. The van der Waals surface area contributed by atoms with Gasteiger partial charge in [0.25, 0.3) is 0 Å². The van der Waals surface area contributed by atoms with Crippen LogP contribution in [-0.2, 0) is 6.54 Å². The van der Waals surface area contributed by atoms with E-state index in [2.05, 4.69) is 19.5 Å². The van der Waals surface area contributed by atoms with E-state index in [1.54, 1.807) is 0 Å². The number of aromatic nitrogens is 5. The number of halogens is 2. The number of hydrogen-bond donors (Lipinski definition) is 1. The number of nitrogens with one attached hydrogen (secondary N) is 1. The topological polar surface area (TPSA) is 59.4 Å². The summed E-state index contributed by atoms with van der Waals surface area (Å²) in [5.41, 5.74) is 4.13. The number of nitrogens with zero attached hydrogens (tertiary/aromatic N) is 4. The van der Waals surface area contributed by atoms with Crippen molar-refractivity contribution in [2.75, 3.05) is 0 Å². The van der Waals surface area contributed by atoms with E-state index in [9.17, 15) is 8.78 Å². The number of imidazole rings is 2. The standard InChI is InChI=1S/C26H21F2N5/c1-15-29-21-13-12-20(30-26(21)33(15)14-16-10-11-16)24-23(17-6-3-2-4-7-17)31-25(32-24)22-18(27)8-5-9-19(22)28/h2-9,12-13,16H,10-11,14H2,1H3,(H,31,32). The lowest BCUT2D eigenvalue weighted by Crippen LogP contribution is -2.03. The molecule has 0 unspecified atom stereocenters. The van der Waals surface area contributed by atoms with E-state index in [-0.39, 0.29) is 11.4 Å². The van der Waals surface area contributed by atoms with E-state index in [0.717, 1.165) is 29.1 Å². The summed E-state index contributed by atoms with van der Waals surface area (Å²) in [5, 5.41) is 0. The molecule has 1 aliphatic carbocycles. The maximum Gasteiger partial charge on any atom is 0.160 e. The summed E-state index contributed by atoms with van der Waals surface area (Å²) in [6.07, 6.45) is 2.46. The van der Waals surface area contributed by atoms with E-state index in [0.29, 0.717) is 23.0 Å². The first-order valence-electron chi connectivity index (χ1n) is 11.0. The highest BCUT2D eigenvalue weighted by Crippen LogP contribution is 2.35. The predicted molar refractivity (Wildman–Crippen MR) is 123 cm³/mol. The fourth-order valence-electron chi connectivity index (χ4n) is 4.24. The van der Waals surface area contributed by atoms with Crippen molar-refractivity contribution in [1.29, 1.82) is 0 Å². The highest BCUT2D eigenvalue weighted by Gasteiger charge is 2.25. The lowest BCUT2D eigenvalue weighted by Gasteiger charge is -2.06. The summed E-state index contributed by atoms with van der Waals surface area (Å²) in [6, 6.07) is 17.2. The van der Waals surface area contributed by atoms with Crippen molar-refractivity contribution < 1.29 is 8.78 Å². The van der Waals surface area contributed by atoms with Crippen molar-refractivity contribution in [3.8, 4) is 34.0 Å². The Labute approximate surface area is 189 Å². The molecule has 1 N–H and O–H groups in total. The summed E-state index contributed by atoms with van der Waals surface area (Å²) in [5.74, 6) is 0.398. The molecule has 0 amide bonds. The number of fused-ring (bicyclic) bond motifs is 1. The van der Waals surface area contributed by atoms with Gasteiger partial charge in [-0.3, -0.25) is 0 Å². The Morgan fingerprint density at radius 3 is 2.39 bits per heavy atom. The zero-order chi connectivity index (χ0) is 22.5. The van der Waals surface area contributed by atoms with Gasteiger partial charge in [-0.05, 0) is 49.9 Å². The van der Waals surface area contributed by atoms with Gasteiger partial charge < -0.3 is 9.55 Å². The van der Waals surface area contributed by atoms with Crippen molar-refractivity contribution in [2.45, 2.75) is 26.3 Å². The van der Waals surface area contributed by atoms with E-state index in [1.165, 1.54) is 31.0 Å². The van der Waals surface area contributed by atoms with Crippen molar-refractivity contribution in [3.05, 3.63) is 78.1 Å². The third-order valence-corrected chi connectivity index (χ3v) is 6.13. The minimum Gasteiger partial charge on any atom is -0.336 e. The zero-order valence-electron chi connectivity index (χ0n) is 18.0. The Kier molecular flexibility index (Phi) is 4.57. The van der Waals surface area contributed by atoms with Gasteiger partial charge in [0.15, 0.2) is 5.65 Å². The molecule has 3 aromatic heterocycles. The summed E-state index contributed by atoms with van der Waals surface area (Å²) in [4.78, 5) is 17.4. The van der Waals surface area contributed by atoms with Crippen LogP contribution in [0.3, 0.4) is 0 Å². The van der Waals surface area contributed by atoms with Crippen molar-refractivity contribution >= 4 is 11.2 Å². The number of H-pyrrole nitrogens is 1. The fraction of sp³-hybridized carbons (Fsp3) is 0.192. The van der Waals surface area contributed by atoms with Crippen LogP contribution in [0.15, 0.2) is 60.7 Å². The van der Waals surface area contributed by atoms with E-state index >= 15 is 0 Å². The first kappa shape index (κ1) is 19.8. The number of aryl methyl sites for hydroxylation is 1. The molecule has 6 rings (SSSR count). The molecule has 5 aromatic rings. The molecule has 33 heavy (non-hydrogen) atoms. The summed E-state index contributed by atoms with van der Waals surface area (Å²) in [6.45, 7) is 2.90. The molecule has 0 radical (unpaired) electrons. The van der Waals surface area contributed by atoms with Crippen LogP contribution in [0, 0.1) is 24.5 Å². The van der Waals surface area contributed by atoms with Crippen LogP contribution >= 0.6 is 0 Å². The lowest BCUT2D eigenvalue weighted by molar-refractivity contribution is 0.588. The van der Waals surface area contributed by atoms with Gasteiger partial charge in [0, 0.05) is 12.1 Å². The largest absolute Gasteiger partial charge is 0.336 e. The van der Waals surface area contributed by atoms with Gasteiger partial charge in [0.2, 0.25) is 0 Å². The minimum absolute atomic E-state index is 0.129. The van der Waals surface area contributed by atoms with E-state index in [1.807, 2.05) is 49.4 Å². The van der Waals surface area contributed by atoms with Gasteiger partial charge >= 0.3 is 0 Å². The summed E-state index contributed by atoms with van der Waals surface area (Å²) >= 11 is 0. The third kappa shape index (κ3) is 3.50. The maximum absolute atomic E-state index is 14.5. The molecule has 0 spiro atoms. The van der Waals surface area contributed by atoms with Gasteiger partial charge in [0.05, 0.1) is 22.6 Å². The Morgan fingerprint density at radius 2 is 1.67 bits per heavy atom. The fourth-order valence-corrected chi connectivity index (χ4v) is 4.24. The van der Waals surface area contributed by atoms with Crippen LogP contribution in [-0.4, -0.2) is 24.5 Å². The van der Waals surface area contributed by atoms with Crippen LogP contribution in [0.1, 0.15) is 18.7 Å². The van der Waals surface area contributed by atoms with Crippen molar-refractivity contribution in [2.24, 2.45) is 5.92 Å². The van der Waals surface area contributed by atoms with Gasteiger partial charge in [-0.2, -0.15) is 0 Å². The molecule has 1 fully saturated rings. The number of pyridine rings is 1. The number of benzene rings is 2. The Hall–Kier alpha value is -3.87. The highest BCUT2D eigenvalue weighted by atomic mass is 19.1. The van der Waals surface area contributed by atoms with Crippen LogP contribution in [0.5, 0.6) is 0 Å². The second-order valence-electron chi connectivity index (χ2n) is 8.52. The van der Waals surface area contributed by atoms with Crippen LogP contribution in [0.2, 0.25) is 0 Å². The predicted octanol–water partition coefficient (Wildman–Crippen LogP) is 6.15. The molecule has 164 valence electrons. The quantitative estimate of drug-likeness (QED) is 0.356. The highest BCUT2D eigenvalue weighted by molar-refractivity contribution is 5.83. The number of aromatic amines is 1. The SMILES string of the molecule is Cc1nc2ccc(-c3[nH]c(-c4c(F)cccc4F)nc3-c3ccccc3)nc2n1CC1CC1. The summed E-state index contributed by atoms with van der Waals surface area (Å²) < 4.78 is 31.3. The van der Waals surface area contributed by atoms with Crippen molar-refractivity contribution in [1.82, 2.24) is 24.5 Å². The third-order valence-electron chi connectivity index (χ3n) is 6.13. The van der Waals surface area contributed by atoms with Crippen LogP contribution in [0.25, 0.3) is 45.2 Å². The van der Waals surface area contributed by atoms with Gasteiger partial charge in [-0.25, -0.2) is 23.7 Å². The zero-order valence-corrected chi connectivity index (χ0v) is 18.0. The van der Waals surface area contributed by atoms with Gasteiger partial charge in [0.1, 0.15) is 28.8 Å². The molecule has 5 nitrogen and oxygen atoms in total. The first-order valence-corrected chi connectivity index (χ1v) is 11.0. The molecule has 1 aliphatic rings. The molecular formula is C26H21F2N5. The van der Waals surface area contributed by atoms with Crippen LogP contribution < -0.4 is 0 Å². The molecule has 0 atom stereocenters. The maximum atomic E-state index is 14.5. The summed E-state index contributed by atoms with van der Waals surface area (Å²) in [7, 11) is 0. The molecule has 1 saturated carbocycles. The monoisotopic (exact) mass is 441 g/mol.